The van der Waals surface area contributed by atoms with Gasteiger partial charge in [0.15, 0.2) is 0 Å². The zero-order chi connectivity index (χ0) is 17.4. The fraction of sp³-hybridized carbons (Fsp3) is 0.957. The maximum absolute atomic E-state index is 11.5. The van der Waals surface area contributed by atoms with E-state index in [9.17, 15) is 4.79 Å². The van der Waals surface area contributed by atoms with Gasteiger partial charge in [-0.15, -0.1) is 0 Å². The first-order valence-corrected chi connectivity index (χ1v) is 11.3. The van der Waals surface area contributed by atoms with Gasteiger partial charge in [0.1, 0.15) is 0 Å². The number of carbonyl (C=O) groups excluding carboxylic acids is 1. The van der Waals surface area contributed by atoms with Crippen LogP contribution >= 0.6 is 0 Å². The molecule has 25 heavy (non-hydrogen) atoms. The van der Waals surface area contributed by atoms with Crippen LogP contribution in [-0.4, -0.2) is 13.1 Å². The Labute approximate surface area is 154 Å². The maximum atomic E-state index is 11.5. The Hall–Kier alpha value is -0.530. The number of rotatable bonds is 4. The van der Waals surface area contributed by atoms with Gasteiger partial charge < -0.3 is 4.74 Å². The van der Waals surface area contributed by atoms with Crippen molar-refractivity contribution in [3.8, 4) is 0 Å². The zero-order valence-corrected chi connectivity index (χ0v) is 16.4. The summed E-state index contributed by atoms with van der Waals surface area (Å²) in [4.78, 5) is 11.5. The average Bonchev–Trinajstić information content (AvgIpc) is 3.10. The number of fused-ring (bicyclic) bond motifs is 5. The zero-order valence-electron chi connectivity index (χ0n) is 16.4. The van der Waals surface area contributed by atoms with Crippen LogP contribution in [0.3, 0.4) is 0 Å². The standard InChI is InChI=1S/C23H38O2/c1-15(7-14-23(24)25-2)17-10-11-22-19(17)12-13-20-18-6-4-3-5-16(18)8-9-21(20)22/h15-22H,3-14H2,1-2H3. The van der Waals surface area contributed by atoms with E-state index >= 15 is 0 Å². The molecule has 0 N–H and O–H groups in total. The first kappa shape index (κ1) is 17.9. The molecule has 4 aliphatic carbocycles. The summed E-state index contributed by atoms with van der Waals surface area (Å²) in [6.45, 7) is 2.40. The summed E-state index contributed by atoms with van der Waals surface area (Å²) in [5.41, 5.74) is 0. The molecule has 4 fully saturated rings. The number of hydrogen-bond donors (Lipinski definition) is 0. The minimum absolute atomic E-state index is 0.0271. The van der Waals surface area contributed by atoms with Gasteiger partial charge >= 0.3 is 5.97 Å². The van der Waals surface area contributed by atoms with Gasteiger partial charge in [0.25, 0.3) is 0 Å². The minimum Gasteiger partial charge on any atom is -0.469 e. The number of carbonyl (C=O) groups is 1. The number of hydrogen-bond acceptors (Lipinski definition) is 2. The lowest BCUT2D eigenvalue weighted by molar-refractivity contribution is -0.141. The molecule has 0 aromatic rings. The Kier molecular flexibility index (Phi) is 5.43. The number of ether oxygens (including phenoxy) is 1. The maximum Gasteiger partial charge on any atom is 0.305 e. The Balaban J connectivity index is 1.39. The van der Waals surface area contributed by atoms with Crippen molar-refractivity contribution in [1.29, 1.82) is 0 Å². The van der Waals surface area contributed by atoms with E-state index in [1.54, 1.807) is 6.42 Å². The first-order valence-electron chi connectivity index (χ1n) is 11.3. The van der Waals surface area contributed by atoms with E-state index in [4.69, 9.17) is 4.74 Å². The van der Waals surface area contributed by atoms with Gasteiger partial charge in [-0.2, -0.15) is 0 Å². The molecule has 4 saturated carbocycles. The van der Waals surface area contributed by atoms with Crippen molar-refractivity contribution in [2.75, 3.05) is 7.11 Å². The fourth-order valence-corrected chi connectivity index (χ4v) is 7.90. The molecule has 8 atom stereocenters. The van der Waals surface area contributed by atoms with Crippen molar-refractivity contribution in [3.05, 3.63) is 0 Å². The Morgan fingerprint density at radius 2 is 1.48 bits per heavy atom. The lowest BCUT2D eigenvalue weighted by Gasteiger charge is -2.52. The van der Waals surface area contributed by atoms with Gasteiger partial charge in [-0.3, -0.25) is 4.79 Å². The highest BCUT2D eigenvalue weighted by Gasteiger charge is 2.51. The van der Waals surface area contributed by atoms with Crippen LogP contribution in [0.1, 0.15) is 84.0 Å². The Bertz CT molecular complexity index is 473. The highest BCUT2D eigenvalue weighted by atomic mass is 16.5. The molecular weight excluding hydrogens is 308 g/mol. The van der Waals surface area contributed by atoms with Crippen LogP contribution in [0.2, 0.25) is 0 Å². The van der Waals surface area contributed by atoms with Crippen molar-refractivity contribution in [2.24, 2.45) is 47.3 Å². The van der Waals surface area contributed by atoms with Crippen LogP contribution in [0.15, 0.2) is 0 Å². The second-order valence-corrected chi connectivity index (χ2v) is 9.85. The lowest BCUT2D eigenvalue weighted by Crippen LogP contribution is -2.44. The molecule has 0 aromatic carbocycles. The summed E-state index contributed by atoms with van der Waals surface area (Å²) in [7, 11) is 1.52. The van der Waals surface area contributed by atoms with Crippen LogP contribution in [0, 0.1) is 47.3 Å². The van der Waals surface area contributed by atoms with Crippen molar-refractivity contribution in [3.63, 3.8) is 0 Å². The first-order chi connectivity index (χ1) is 12.2. The molecule has 0 heterocycles. The Morgan fingerprint density at radius 3 is 2.32 bits per heavy atom. The molecule has 0 amide bonds. The molecule has 2 heteroatoms. The Morgan fingerprint density at radius 1 is 0.840 bits per heavy atom. The van der Waals surface area contributed by atoms with Crippen molar-refractivity contribution >= 4 is 5.97 Å². The highest BCUT2D eigenvalue weighted by Crippen LogP contribution is 2.60. The van der Waals surface area contributed by atoms with Gasteiger partial charge in [-0.05, 0) is 98.7 Å². The summed E-state index contributed by atoms with van der Waals surface area (Å²) in [6.07, 6.45) is 16.7. The molecule has 0 aliphatic heterocycles. The van der Waals surface area contributed by atoms with Crippen molar-refractivity contribution in [1.82, 2.24) is 0 Å². The molecule has 0 bridgehead atoms. The molecule has 2 nitrogen and oxygen atoms in total. The van der Waals surface area contributed by atoms with Crippen LogP contribution in [0.25, 0.3) is 0 Å². The molecule has 8 unspecified atom stereocenters. The molecule has 4 rings (SSSR count). The molecular formula is C23H38O2. The number of methoxy groups -OCH3 is 1. The van der Waals surface area contributed by atoms with Crippen LogP contribution in [-0.2, 0) is 9.53 Å². The molecule has 4 aliphatic rings. The monoisotopic (exact) mass is 346 g/mol. The molecule has 0 aromatic heterocycles. The third kappa shape index (κ3) is 3.39. The lowest BCUT2D eigenvalue weighted by atomic mass is 9.53. The van der Waals surface area contributed by atoms with Gasteiger partial charge in [-0.25, -0.2) is 0 Å². The summed E-state index contributed by atoms with van der Waals surface area (Å²) in [6, 6.07) is 0. The van der Waals surface area contributed by atoms with Gasteiger partial charge in [-0.1, -0.05) is 26.2 Å². The van der Waals surface area contributed by atoms with E-state index in [1.807, 2.05) is 0 Å². The van der Waals surface area contributed by atoms with Gasteiger partial charge in [0.2, 0.25) is 0 Å². The van der Waals surface area contributed by atoms with E-state index in [1.165, 1.54) is 64.9 Å². The summed E-state index contributed by atoms with van der Waals surface area (Å²) < 4.78 is 4.85. The predicted octanol–water partition coefficient (Wildman–Crippen LogP) is 5.84. The van der Waals surface area contributed by atoms with Gasteiger partial charge in [0.05, 0.1) is 7.11 Å². The van der Waals surface area contributed by atoms with Crippen LogP contribution in [0.4, 0.5) is 0 Å². The van der Waals surface area contributed by atoms with E-state index in [0.717, 1.165) is 47.8 Å². The summed E-state index contributed by atoms with van der Waals surface area (Å²) in [5, 5.41) is 0. The molecule has 0 radical (unpaired) electrons. The topological polar surface area (TPSA) is 26.3 Å². The van der Waals surface area contributed by atoms with Crippen LogP contribution < -0.4 is 0 Å². The molecule has 0 saturated heterocycles. The third-order valence-corrected chi connectivity index (χ3v) is 9.02. The largest absolute Gasteiger partial charge is 0.469 e. The third-order valence-electron chi connectivity index (χ3n) is 9.02. The summed E-state index contributed by atoms with van der Waals surface area (Å²) >= 11 is 0. The van der Waals surface area contributed by atoms with Crippen LogP contribution in [0.5, 0.6) is 0 Å². The minimum atomic E-state index is -0.0271. The predicted molar refractivity (Wildman–Crippen MR) is 101 cm³/mol. The second kappa shape index (κ2) is 7.61. The van der Waals surface area contributed by atoms with E-state index in [2.05, 4.69) is 6.92 Å². The van der Waals surface area contributed by atoms with Crippen molar-refractivity contribution in [2.45, 2.75) is 84.0 Å². The van der Waals surface area contributed by atoms with E-state index in [0.29, 0.717) is 12.3 Å². The van der Waals surface area contributed by atoms with E-state index in [-0.39, 0.29) is 5.97 Å². The normalized spacial score (nSPS) is 44.3. The second-order valence-electron chi connectivity index (χ2n) is 9.85. The van der Waals surface area contributed by atoms with E-state index < -0.39 is 0 Å². The quantitative estimate of drug-likeness (QED) is 0.597. The summed E-state index contributed by atoms with van der Waals surface area (Å²) in [5.74, 6) is 7.82. The SMILES string of the molecule is COC(=O)CCC(C)C1CCC2C1CCC1C3CCCCC3CCC12. The van der Waals surface area contributed by atoms with Gasteiger partial charge in [0, 0.05) is 6.42 Å². The molecule has 0 spiro atoms. The smallest absolute Gasteiger partial charge is 0.305 e. The average molecular weight is 347 g/mol. The van der Waals surface area contributed by atoms with Crippen molar-refractivity contribution < 1.29 is 9.53 Å². The fourth-order valence-electron chi connectivity index (χ4n) is 7.90. The molecule has 142 valence electrons. The number of esters is 1. The highest BCUT2D eigenvalue weighted by molar-refractivity contribution is 5.69.